The smallest absolute Gasteiger partial charge is 0.340 e. The molecule has 0 saturated carbocycles. The molecule has 0 bridgehead atoms. The van der Waals surface area contributed by atoms with Crippen molar-refractivity contribution >= 4 is 26.9 Å². The minimum Gasteiger partial charge on any atom is -0.497 e. The van der Waals surface area contributed by atoms with Crippen molar-refractivity contribution in [2.45, 2.75) is 24.7 Å². The number of rotatable bonds is 7. The lowest BCUT2D eigenvalue weighted by atomic mass is 10.0. The average molecular weight is 430 g/mol. The molecule has 0 aliphatic rings. The zero-order chi connectivity index (χ0) is 21.9. The number of carbonyl (C=O) groups excluding carboxylic acids is 1. The highest BCUT2D eigenvalue weighted by Crippen LogP contribution is 2.24. The summed E-state index contributed by atoms with van der Waals surface area (Å²) in [7, 11) is -2.20. The molecule has 1 aromatic heterocycles. The summed E-state index contributed by atoms with van der Waals surface area (Å²) in [6, 6.07) is 11.3. The van der Waals surface area contributed by atoms with Crippen LogP contribution in [-0.4, -0.2) is 28.0 Å². The van der Waals surface area contributed by atoms with Crippen LogP contribution in [0.1, 0.15) is 16.7 Å². The lowest BCUT2D eigenvalue weighted by Gasteiger charge is -2.10. The van der Waals surface area contributed by atoms with E-state index in [1.54, 1.807) is 37.3 Å². The zero-order valence-electron chi connectivity index (χ0n) is 16.6. The Morgan fingerprint density at radius 2 is 1.87 bits per heavy atom. The third kappa shape index (κ3) is 4.87. The highest BCUT2D eigenvalue weighted by Gasteiger charge is 2.15. The molecular weight excluding hydrogens is 408 g/mol. The summed E-state index contributed by atoms with van der Waals surface area (Å²) in [4.78, 5) is 24.7. The molecule has 3 aromatic rings. The van der Waals surface area contributed by atoms with Gasteiger partial charge in [-0.25, -0.2) is 18.4 Å². The first-order chi connectivity index (χ1) is 14.2. The number of nitrogens with two attached hydrogens (primary N) is 1. The highest BCUT2D eigenvalue weighted by molar-refractivity contribution is 7.89. The molecule has 0 fully saturated rings. The SMILES string of the molecule is COc1ccc2c(C)c(CC(=O)NCCc3ccc(S(N)(=O)=O)cc3)c(=O)oc2c1. The van der Waals surface area contributed by atoms with Crippen LogP contribution in [0.4, 0.5) is 0 Å². The maximum Gasteiger partial charge on any atom is 0.340 e. The summed E-state index contributed by atoms with van der Waals surface area (Å²) < 4.78 is 33.0. The molecule has 30 heavy (non-hydrogen) atoms. The maximum absolute atomic E-state index is 12.4. The van der Waals surface area contributed by atoms with E-state index in [-0.39, 0.29) is 17.2 Å². The molecule has 158 valence electrons. The van der Waals surface area contributed by atoms with Crippen LogP contribution in [0.25, 0.3) is 11.0 Å². The molecule has 1 amide bonds. The number of nitrogens with one attached hydrogen (secondary N) is 1. The van der Waals surface area contributed by atoms with Crippen LogP contribution >= 0.6 is 0 Å². The van der Waals surface area contributed by atoms with Crippen LogP contribution in [0.15, 0.2) is 56.6 Å². The molecule has 0 spiro atoms. The van der Waals surface area contributed by atoms with Crippen molar-refractivity contribution in [1.29, 1.82) is 0 Å². The normalized spacial score (nSPS) is 11.4. The Morgan fingerprint density at radius 3 is 2.50 bits per heavy atom. The van der Waals surface area contributed by atoms with E-state index in [9.17, 15) is 18.0 Å². The van der Waals surface area contributed by atoms with E-state index < -0.39 is 15.6 Å². The molecule has 0 saturated heterocycles. The summed E-state index contributed by atoms with van der Waals surface area (Å²) in [6.45, 7) is 2.12. The largest absolute Gasteiger partial charge is 0.497 e. The number of fused-ring (bicyclic) bond motifs is 1. The van der Waals surface area contributed by atoms with Crippen molar-refractivity contribution in [3.05, 3.63) is 69.6 Å². The maximum atomic E-state index is 12.4. The van der Waals surface area contributed by atoms with Gasteiger partial charge >= 0.3 is 5.63 Å². The number of benzene rings is 2. The molecule has 0 unspecified atom stereocenters. The summed E-state index contributed by atoms with van der Waals surface area (Å²) in [6.07, 6.45) is 0.405. The van der Waals surface area contributed by atoms with Gasteiger partial charge in [0.05, 0.1) is 24.0 Å². The minimum absolute atomic E-state index is 0.0337. The number of hydrogen-bond acceptors (Lipinski definition) is 6. The first-order valence-electron chi connectivity index (χ1n) is 9.18. The lowest BCUT2D eigenvalue weighted by Crippen LogP contribution is -2.29. The number of aryl methyl sites for hydroxylation is 1. The van der Waals surface area contributed by atoms with Crippen molar-refractivity contribution in [1.82, 2.24) is 5.32 Å². The molecule has 8 nitrogen and oxygen atoms in total. The summed E-state index contributed by atoms with van der Waals surface area (Å²) >= 11 is 0. The Labute approximate surface area is 173 Å². The average Bonchev–Trinajstić information content (AvgIpc) is 2.70. The number of sulfonamides is 1. The van der Waals surface area contributed by atoms with E-state index in [4.69, 9.17) is 14.3 Å². The highest BCUT2D eigenvalue weighted by atomic mass is 32.2. The number of methoxy groups -OCH3 is 1. The van der Waals surface area contributed by atoms with Gasteiger partial charge in [-0.3, -0.25) is 4.79 Å². The first kappa shape index (κ1) is 21.5. The summed E-state index contributed by atoms with van der Waals surface area (Å²) in [5.41, 5.74) is 1.70. The fraction of sp³-hybridized carbons (Fsp3) is 0.238. The van der Waals surface area contributed by atoms with Crippen molar-refractivity contribution in [2.24, 2.45) is 5.14 Å². The second kappa shape index (κ2) is 8.68. The Morgan fingerprint density at radius 1 is 1.17 bits per heavy atom. The number of amides is 1. The van der Waals surface area contributed by atoms with Gasteiger partial charge in [-0.15, -0.1) is 0 Å². The van der Waals surface area contributed by atoms with Gasteiger partial charge in [0.25, 0.3) is 0 Å². The molecule has 3 rings (SSSR count). The van der Waals surface area contributed by atoms with Gasteiger partial charge in [-0.1, -0.05) is 12.1 Å². The Balaban J connectivity index is 1.65. The Bertz CT molecular complexity index is 1250. The fourth-order valence-corrected chi connectivity index (χ4v) is 3.64. The van der Waals surface area contributed by atoms with Crippen molar-refractivity contribution in [3.63, 3.8) is 0 Å². The molecule has 2 aromatic carbocycles. The van der Waals surface area contributed by atoms with Crippen LogP contribution < -0.4 is 20.8 Å². The second-order valence-electron chi connectivity index (χ2n) is 6.82. The predicted molar refractivity (Wildman–Crippen MR) is 112 cm³/mol. The third-order valence-electron chi connectivity index (χ3n) is 4.82. The Kier molecular flexibility index (Phi) is 6.23. The molecule has 0 aliphatic heterocycles. The van der Waals surface area contributed by atoms with Gasteiger partial charge in [0.1, 0.15) is 11.3 Å². The van der Waals surface area contributed by atoms with E-state index in [2.05, 4.69) is 5.32 Å². The van der Waals surface area contributed by atoms with Gasteiger partial charge in [0.15, 0.2) is 0 Å². The summed E-state index contributed by atoms with van der Waals surface area (Å²) in [5.74, 6) is 0.270. The summed E-state index contributed by atoms with van der Waals surface area (Å²) in [5, 5.41) is 8.58. The lowest BCUT2D eigenvalue weighted by molar-refractivity contribution is -0.120. The molecule has 0 atom stereocenters. The topological polar surface area (TPSA) is 129 Å². The fourth-order valence-electron chi connectivity index (χ4n) is 3.12. The van der Waals surface area contributed by atoms with Gasteiger partial charge in [-0.05, 0) is 48.7 Å². The molecular formula is C21H22N2O6S. The van der Waals surface area contributed by atoms with Crippen LogP contribution in [0, 0.1) is 6.92 Å². The standard InChI is InChI=1S/C21H22N2O6S/c1-13-17-8-5-15(28-2)11-19(17)29-21(25)18(13)12-20(24)23-10-9-14-3-6-16(7-4-14)30(22,26)27/h3-8,11H,9-10,12H2,1-2H3,(H,23,24)(H2,22,26,27). The van der Waals surface area contributed by atoms with Crippen molar-refractivity contribution in [3.8, 4) is 5.75 Å². The molecule has 0 radical (unpaired) electrons. The van der Waals surface area contributed by atoms with E-state index in [0.29, 0.717) is 35.4 Å². The zero-order valence-corrected chi connectivity index (χ0v) is 17.4. The monoisotopic (exact) mass is 430 g/mol. The number of hydrogen-bond donors (Lipinski definition) is 2. The van der Waals surface area contributed by atoms with Gasteiger partial charge < -0.3 is 14.5 Å². The van der Waals surface area contributed by atoms with E-state index in [0.717, 1.165) is 10.9 Å². The first-order valence-corrected chi connectivity index (χ1v) is 10.7. The van der Waals surface area contributed by atoms with Gasteiger partial charge in [0, 0.05) is 18.0 Å². The van der Waals surface area contributed by atoms with Crippen LogP contribution in [0.5, 0.6) is 5.75 Å². The predicted octanol–water partition coefficient (Wildman–Crippen LogP) is 1.66. The van der Waals surface area contributed by atoms with Crippen LogP contribution in [0.3, 0.4) is 0 Å². The van der Waals surface area contributed by atoms with Gasteiger partial charge in [-0.2, -0.15) is 0 Å². The van der Waals surface area contributed by atoms with Crippen LogP contribution in [0.2, 0.25) is 0 Å². The minimum atomic E-state index is -3.73. The Hall–Kier alpha value is -3.17. The van der Waals surface area contributed by atoms with Crippen molar-refractivity contribution < 1.29 is 22.4 Å². The quantitative estimate of drug-likeness (QED) is 0.549. The third-order valence-corrected chi connectivity index (χ3v) is 5.75. The number of primary sulfonamides is 1. The molecule has 3 N–H and O–H groups in total. The molecule has 1 heterocycles. The van der Waals surface area contributed by atoms with Gasteiger partial charge in [0.2, 0.25) is 15.9 Å². The number of carbonyl (C=O) groups is 1. The molecule has 0 aliphatic carbocycles. The van der Waals surface area contributed by atoms with E-state index in [1.807, 2.05) is 0 Å². The van der Waals surface area contributed by atoms with Crippen molar-refractivity contribution in [2.75, 3.05) is 13.7 Å². The van der Waals surface area contributed by atoms with E-state index >= 15 is 0 Å². The second-order valence-corrected chi connectivity index (χ2v) is 8.38. The van der Waals surface area contributed by atoms with E-state index in [1.165, 1.54) is 19.2 Å². The van der Waals surface area contributed by atoms with Crippen LogP contribution in [-0.2, 0) is 27.7 Å². The number of ether oxygens (including phenoxy) is 1. The molecule has 9 heteroatoms.